The van der Waals surface area contributed by atoms with E-state index in [-0.39, 0.29) is 16.7 Å². The zero-order valence-corrected chi connectivity index (χ0v) is 11.0. The van der Waals surface area contributed by atoms with Crippen LogP contribution in [0.1, 0.15) is 12.0 Å². The standard InChI is InChI=1S/C11H13BrN2O3/c1-7-4-11(13-3-2-8(15)6-13)9(12)5-10(7)14(16)17/h4-5,8,15H,2-3,6H2,1H3/t8-/m1/s1. The van der Waals surface area contributed by atoms with Crippen LogP contribution in [0.15, 0.2) is 16.6 Å². The fourth-order valence-corrected chi connectivity index (χ4v) is 2.64. The molecular formula is C11H13BrN2O3. The highest BCUT2D eigenvalue weighted by Gasteiger charge is 2.24. The van der Waals surface area contributed by atoms with E-state index in [1.165, 1.54) is 6.07 Å². The van der Waals surface area contributed by atoms with Crippen molar-refractivity contribution >= 4 is 27.3 Å². The zero-order chi connectivity index (χ0) is 12.6. The van der Waals surface area contributed by atoms with Gasteiger partial charge in [-0.2, -0.15) is 0 Å². The van der Waals surface area contributed by atoms with Crippen LogP contribution in [0.5, 0.6) is 0 Å². The number of nitro benzene ring substituents is 1. The molecule has 1 aromatic carbocycles. The molecule has 17 heavy (non-hydrogen) atoms. The average molecular weight is 301 g/mol. The van der Waals surface area contributed by atoms with Gasteiger partial charge in [-0.3, -0.25) is 10.1 Å². The molecule has 5 nitrogen and oxygen atoms in total. The van der Waals surface area contributed by atoms with E-state index >= 15 is 0 Å². The van der Waals surface area contributed by atoms with E-state index in [0.29, 0.717) is 16.6 Å². The topological polar surface area (TPSA) is 66.6 Å². The lowest BCUT2D eigenvalue weighted by atomic mass is 10.1. The lowest BCUT2D eigenvalue weighted by molar-refractivity contribution is -0.385. The molecule has 0 spiro atoms. The van der Waals surface area contributed by atoms with Gasteiger partial charge in [-0.1, -0.05) is 0 Å². The summed E-state index contributed by atoms with van der Waals surface area (Å²) in [5.41, 5.74) is 1.65. The van der Waals surface area contributed by atoms with Gasteiger partial charge in [-0.15, -0.1) is 0 Å². The molecule has 6 heteroatoms. The van der Waals surface area contributed by atoms with Crippen LogP contribution in [-0.4, -0.2) is 29.2 Å². The summed E-state index contributed by atoms with van der Waals surface area (Å²) in [6.07, 6.45) is 0.431. The lowest BCUT2D eigenvalue weighted by Gasteiger charge is -2.20. The first-order valence-corrected chi connectivity index (χ1v) is 6.16. The molecule has 1 heterocycles. The van der Waals surface area contributed by atoms with Gasteiger partial charge < -0.3 is 10.0 Å². The van der Waals surface area contributed by atoms with Crippen molar-refractivity contribution in [1.29, 1.82) is 0 Å². The van der Waals surface area contributed by atoms with E-state index in [1.54, 1.807) is 13.0 Å². The Hall–Kier alpha value is -1.14. The second-order valence-corrected chi connectivity index (χ2v) is 5.09. The van der Waals surface area contributed by atoms with Crippen LogP contribution in [0.25, 0.3) is 0 Å². The molecule has 0 saturated carbocycles. The van der Waals surface area contributed by atoms with E-state index < -0.39 is 0 Å². The number of halogens is 1. The average Bonchev–Trinajstić information content (AvgIpc) is 2.67. The Morgan fingerprint density at radius 2 is 2.29 bits per heavy atom. The van der Waals surface area contributed by atoms with Crippen molar-refractivity contribution < 1.29 is 10.0 Å². The van der Waals surface area contributed by atoms with Crippen molar-refractivity contribution in [2.75, 3.05) is 18.0 Å². The van der Waals surface area contributed by atoms with E-state index in [9.17, 15) is 15.2 Å². The Labute approximate surface area is 107 Å². The molecular weight excluding hydrogens is 288 g/mol. The molecule has 0 amide bonds. The number of anilines is 1. The second kappa shape index (κ2) is 4.62. The third-order valence-electron chi connectivity index (χ3n) is 2.97. The van der Waals surface area contributed by atoms with Crippen molar-refractivity contribution in [2.45, 2.75) is 19.4 Å². The molecule has 0 aromatic heterocycles. The summed E-state index contributed by atoms with van der Waals surface area (Å²) in [6.45, 7) is 3.08. The fourth-order valence-electron chi connectivity index (χ4n) is 2.06. The van der Waals surface area contributed by atoms with Crippen LogP contribution in [0, 0.1) is 17.0 Å². The summed E-state index contributed by atoms with van der Waals surface area (Å²) in [5.74, 6) is 0. The number of hydrogen-bond acceptors (Lipinski definition) is 4. The maximum absolute atomic E-state index is 10.8. The number of rotatable bonds is 2. The normalized spacial score (nSPS) is 19.7. The second-order valence-electron chi connectivity index (χ2n) is 4.24. The van der Waals surface area contributed by atoms with Crippen LogP contribution in [-0.2, 0) is 0 Å². The molecule has 0 bridgehead atoms. The minimum absolute atomic E-state index is 0.111. The van der Waals surface area contributed by atoms with Crippen molar-refractivity contribution in [1.82, 2.24) is 0 Å². The molecule has 1 saturated heterocycles. The summed E-state index contributed by atoms with van der Waals surface area (Å²) in [4.78, 5) is 12.4. The molecule has 0 radical (unpaired) electrons. The zero-order valence-electron chi connectivity index (χ0n) is 9.39. The maximum Gasteiger partial charge on any atom is 0.273 e. The first-order valence-electron chi connectivity index (χ1n) is 5.36. The highest BCUT2D eigenvalue weighted by atomic mass is 79.9. The van der Waals surface area contributed by atoms with Gasteiger partial charge in [0.05, 0.1) is 16.7 Å². The quantitative estimate of drug-likeness (QED) is 0.672. The third-order valence-corrected chi connectivity index (χ3v) is 3.60. The van der Waals surface area contributed by atoms with Gasteiger partial charge >= 0.3 is 0 Å². The monoisotopic (exact) mass is 300 g/mol. The lowest BCUT2D eigenvalue weighted by Crippen LogP contribution is -2.21. The molecule has 1 aliphatic rings. The Balaban J connectivity index is 2.36. The summed E-state index contributed by atoms with van der Waals surface area (Å²) in [5, 5.41) is 20.3. The van der Waals surface area contributed by atoms with Gasteiger partial charge in [-0.05, 0) is 35.3 Å². The number of aliphatic hydroxyl groups excluding tert-OH is 1. The summed E-state index contributed by atoms with van der Waals surface area (Å²) in [7, 11) is 0. The predicted octanol–water partition coefficient (Wildman–Crippen LogP) is 2.24. The van der Waals surface area contributed by atoms with Crippen molar-refractivity contribution in [2.24, 2.45) is 0 Å². The van der Waals surface area contributed by atoms with Crippen molar-refractivity contribution in [3.05, 3.63) is 32.3 Å². The first kappa shape index (κ1) is 12.3. The summed E-state index contributed by atoms with van der Waals surface area (Å²) >= 11 is 3.35. The predicted molar refractivity (Wildman–Crippen MR) is 68.4 cm³/mol. The number of nitro groups is 1. The van der Waals surface area contributed by atoms with Crippen molar-refractivity contribution in [3.63, 3.8) is 0 Å². The molecule has 0 unspecified atom stereocenters. The highest BCUT2D eigenvalue weighted by Crippen LogP contribution is 2.34. The van der Waals surface area contributed by atoms with Crippen LogP contribution in [0.4, 0.5) is 11.4 Å². The molecule has 1 N–H and O–H groups in total. The first-order chi connectivity index (χ1) is 7.99. The van der Waals surface area contributed by atoms with Crippen LogP contribution in [0.2, 0.25) is 0 Å². The maximum atomic E-state index is 10.8. The van der Waals surface area contributed by atoms with E-state index in [2.05, 4.69) is 15.9 Å². The number of aryl methyl sites for hydroxylation is 1. The number of nitrogens with zero attached hydrogens (tertiary/aromatic N) is 2. The fraction of sp³-hybridized carbons (Fsp3) is 0.455. The van der Waals surface area contributed by atoms with Gasteiger partial charge in [0.2, 0.25) is 0 Å². The van der Waals surface area contributed by atoms with Gasteiger partial charge in [0, 0.05) is 29.2 Å². The van der Waals surface area contributed by atoms with Crippen molar-refractivity contribution in [3.8, 4) is 0 Å². The Kier molecular flexibility index (Phi) is 3.35. The smallest absolute Gasteiger partial charge is 0.273 e. The molecule has 1 atom stereocenters. The number of hydrogen-bond donors (Lipinski definition) is 1. The molecule has 1 aliphatic heterocycles. The summed E-state index contributed by atoms with van der Waals surface area (Å²) in [6, 6.07) is 3.32. The van der Waals surface area contributed by atoms with Gasteiger partial charge in [0.25, 0.3) is 5.69 Å². The van der Waals surface area contributed by atoms with E-state index in [0.717, 1.165) is 18.7 Å². The largest absolute Gasteiger partial charge is 0.391 e. The number of benzene rings is 1. The SMILES string of the molecule is Cc1cc(N2CC[C@@H](O)C2)c(Br)cc1[N+](=O)[O-]. The minimum Gasteiger partial charge on any atom is -0.391 e. The Morgan fingerprint density at radius 1 is 1.59 bits per heavy atom. The van der Waals surface area contributed by atoms with Gasteiger partial charge in [-0.25, -0.2) is 0 Å². The Bertz CT molecular complexity index is 464. The Morgan fingerprint density at radius 3 is 2.82 bits per heavy atom. The molecule has 92 valence electrons. The van der Waals surface area contributed by atoms with E-state index in [4.69, 9.17) is 0 Å². The van der Waals surface area contributed by atoms with Crippen LogP contribution in [0.3, 0.4) is 0 Å². The number of aliphatic hydroxyl groups is 1. The van der Waals surface area contributed by atoms with Crippen LogP contribution >= 0.6 is 15.9 Å². The van der Waals surface area contributed by atoms with Gasteiger partial charge in [0.1, 0.15) is 0 Å². The molecule has 1 aromatic rings. The van der Waals surface area contributed by atoms with Crippen LogP contribution < -0.4 is 4.90 Å². The highest BCUT2D eigenvalue weighted by molar-refractivity contribution is 9.10. The summed E-state index contributed by atoms with van der Waals surface area (Å²) < 4.78 is 0.698. The van der Waals surface area contributed by atoms with Gasteiger partial charge in [0.15, 0.2) is 0 Å². The molecule has 0 aliphatic carbocycles. The number of β-amino-alcohol motifs (C(OH)–C–C–N with tert-alkyl or cyclic N) is 1. The molecule has 2 rings (SSSR count). The van der Waals surface area contributed by atoms with E-state index in [1.807, 2.05) is 4.90 Å². The minimum atomic E-state index is -0.386. The third kappa shape index (κ3) is 2.42. The molecule has 1 fully saturated rings.